The average molecular weight is 287 g/mol. The quantitative estimate of drug-likeness (QED) is 0.922. The van der Waals surface area contributed by atoms with Crippen molar-refractivity contribution < 1.29 is 0 Å². The molecule has 0 spiro atoms. The molecule has 0 atom stereocenters. The maximum atomic E-state index is 5.86. The molecule has 0 aliphatic rings. The Morgan fingerprint density at radius 1 is 1.40 bits per heavy atom. The fraction of sp³-hybridized carbons (Fsp3) is 0.100. The van der Waals surface area contributed by atoms with Gasteiger partial charge in [0.15, 0.2) is 0 Å². The van der Waals surface area contributed by atoms with Gasteiger partial charge in [-0.15, -0.1) is 0 Å². The molecule has 2 rings (SSSR count). The molecule has 0 saturated heterocycles. The lowest BCUT2D eigenvalue weighted by Gasteiger charge is -2.04. The van der Waals surface area contributed by atoms with Gasteiger partial charge in [-0.1, -0.05) is 11.6 Å². The van der Waals surface area contributed by atoms with Gasteiger partial charge in [0.1, 0.15) is 0 Å². The predicted octanol–water partition coefficient (Wildman–Crippen LogP) is 2.75. The smallest absolute Gasteiger partial charge is 0.0788 e. The van der Waals surface area contributed by atoms with Crippen LogP contribution in [-0.2, 0) is 6.54 Å². The highest BCUT2D eigenvalue weighted by molar-refractivity contribution is 9.10. The van der Waals surface area contributed by atoms with Crippen LogP contribution in [0, 0.1) is 0 Å². The Balaban J connectivity index is 2.44. The van der Waals surface area contributed by atoms with Crippen molar-refractivity contribution in [1.82, 2.24) is 9.78 Å². The number of rotatable bonds is 2. The van der Waals surface area contributed by atoms with E-state index < -0.39 is 0 Å². The summed E-state index contributed by atoms with van der Waals surface area (Å²) in [5.74, 6) is 0. The number of nitrogens with two attached hydrogens (primary N) is 1. The standard InChI is InChI=1S/C10H9BrClN3/c11-9-5-7(12)1-2-10(9)15-4-3-8(6-13)14-15/h1-5H,6,13H2. The number of benzene rings is 1. The lowest BCUT2D eigenvalue weighted by molar-refractivity contribution is 0.830. The summed E-state index contributed by atoms with van der Waals surface area (Å²) in [7, 11) is 0. The van der Waals surface area contributed by atoms with Gasteiger partial charge in [-0.05, 0) is 40.2 Å². The Morgan fingerprint density at radius 3 is 2.80 bits per heavy atom. The van der Waals surface area contributed by atoms with Crippen LogP contribution in [0.2, 0.25) is 5.02 Å². The Bertz CT molecular complexity index is 481. The van der Waals surface area contributed by atoms with Crippen LogP contribution in [0.5, 0.6) is 0 Å². The van der Waals surface area contributed by atoms with E-state index in [2.05, 4.69) is 21.0 Å². The van der Waals surface area contributed by atoms with E-state index in [-0.39, 0.29) is 0 Å². The molecule has 0 radical (unpaired) electrons. The second-order valence-electron chi connectivity index (χ2n) is 3.05. The molecule has 3 nitrogen and oxygen atoms in total. The minimum Gasteiger partial charge on any atom is -0.325 e. The van der Waals surface area contributed by atoms with Gasteiger partial charge in [0.2, 0.25) is 0 Å². The minimum atomic E-state index is 0.443. The van der Waals surface area contributed by atoms with Crippen molar-refractivity contribution in [2.24, 2.45) is 5.73 Å². The molecule has 2 aromatic rings. The van der Waals surface area contributed by atoms with E-state index in [0.29, 0.717) is 11.6 Å². The molecule has 1 aromatic heterocycles. The summed E-state index contributed by atoms with van der Waals surface area (Å²) < 4.78 is 2.67. The van der Waals surface area contributed by atoms with Crippen molar-refractivity contribution >= 4 is 27.5 Å². The van der Waals surface area contributed by atoms with E-state index in [4.69, 9.17) is 17.3 Å². The van der Waals surface area contributed by atoms with Crippen LogP contribution in [0.1, 0.15) is 5.69 Å². The molecule has 0 aliphatic heterocycles. The second kappa shape index (κ2) is 4.35. The van der Waals surface area contributed by atoms with Crippen molar-refractivity contribution in [2.75, 3.05) is 0 Å². The third-order valence-corrected chi connectivity index (χ3v) is 2.88. The second-order valence-corrected chi connectivity index (χ2v) is 4.34. The van der Waals surface area contributed by atoms with Gasteiger partial charge in [-0.3, -0.25) is 0 Å². The topological polar surface area (TPSA) is 43.8 Å². The van der Waals surface area contributed by atoms with Crippen LogP contribution in [0.15, 0.2) is 34.9 Å². The summed E-state index contributed by atoms with van der Waals surface area (Å²) in [6.45, 7) is 0.443. The van der Waals surface area contributed by atoms with E-state index in [1.807, 2.05) is 30.5 Å². The summed E-state index contributed by atoms with van der Waals surface area (Å²) in [6, 6.07) is 7.45. The van der Waals surface area contributed by atoms with Gasteiger partial charge in [0.25, 0.3) is 0 Å². The molecule has 1 heterocycles. The van der Waals surface area contributed by atoms with E-state index in [0.717, 1.165) is 15.9 Å². The Labute approximate surface area is 101 Å². The predicted molar refractivity (Wildman–Crippen MR) is 64.2 cm³/mol. The van der Waals surface area contributed by atoms with Gasteiger partial charge in [0.05, 0.1) is 11.4 Å². The third-order valence-electron chi connectivity index (χ3n) is 2.01. The van der Waals surface area contributed by atoms with E-state index in [1.165, 1.54) is 0 Å². The van der Waals surface area contributed by atoms with Gasteiger partial charge < -0.3 is 5.73 Å². The van der Waals surface area contributed by atoms with Crippen LogP contribution in [0.25, 0.3) is 5.69 Å². The summed E-state index contributed by atoms with van der Waals surface area (Å²) in [5, 5.41) is 5.00. The summed E-state index contributed by atoms with van der Waals surface area (Å²) >= 11 is 9.30. The van der Waals surface area contributed by atoms with E-state index >= 15 is 0 Å². The first-order valence-electron chi connectivity index (χ1n) is 4.41. The monoisotopic (exact) mass is 285 g/mol. The number of hydrogen-bond acceptors (Lipinski definition) is 2. The Kier molecular flexibility index (Phi) is 3.09. The lowest BCUT2D eigenvalue weighted by Crippen LogP contribution is -2.00. The van der Waals surface area contributed by atoms with Crippen molar-refractivity contribution in [3.63, 3.8) is 0 Å². The van der Waals surface area contributed by atoms with Gasteiger partial charge in [-0.25, -0.2) is 4.68 Å². The molecule has 0 amide bonds. The van der Waals surface area contributed by atoms with Crippen molar-refractivity contribution in [1.29, 1.82) is 0 Å². The van der Waals surface area contributed by atoms with Crippen LogP contribution in [-0.4, -0.2) is 9.78 Å². The molecule has 0 fully saturated rings. The maximum Gasteiger partial charge on any atom is 0.0788 e. The summed E-state index contributed by atoms with van der Waals surface area (Å²) in [6.07, 6.45) is 1.87. The Morgan fingerprint density at radius 2 is 2.20 bits per heavy atom. The average Bonchev–Trinajstić information content (AvgIpc) is 2.66. The first kappa shape index (κ1) is 10.7. The first-order valence-corrected chi connectivity index (χ1v) is 5.58. The van der Waals surface area contributed by atoms with Crippen LogP contribution >= 0.6 is 27.5 Å². The molecule has 0 aliphatic carbocycles. The summed E-state index contributed by atoms with van der Waals surface area (Å²) in [4.78, 5) is 0. The number of aromatic nitrogens is 2. The molecule has 2 N–H and O–H groups in total. The molecular weight excluding hydrogens is 277 g/mol. The highest BCUT2D eigenvalue weighted by Crippen LogP contribution is 2.24. The molecule has 78 valence electrons. The zero-order valence-corrected chi connectivity index (χ0v) is 10.2. The van der Waals surface area contributed by atoms with Gasteiger partial charge >= 0.3 is 0 Å². The molecule has 1 aromatic carbocycles. The summed E-state index contributed by atoms with van der Waals surface area (Å²) in [5.41, 5.74) is 7.30. The fourth-order valence-electron chi connectivity index (χ4n) is 1.27. The Hall–Kier alpha value is -0.840. The van der Waals surface area contributed by atoms with Gasteiger partial charge in [0, 0.05) is 22.2 Å². The van der Waals surface area contributed by atoms with Crippen molar-refractivity contribution in [3.05, 3.63) is 45.7 Å². The zero-order chi connectivity index (χ0) is 10.8. The first-order chi connectivity index (χ1) is 7.20. The van der Waals surface area contributed by atoms with Gasteiger partial charge in [-0.2, -0.15) is 5.10 Å². The third kappa shape index (κ3) is 2.22. The minimum absolute atomic E-state index is 0.443. The van der Waals surface area contributed by atoms with Crippen molar-refractivity contribution in [2.45, 2.75) is 6.54 Å². The fourth-order valence-corrected chi connectivity index (χ4v) is 2.14. The SMILES string of the molecule is NCc1ccn(-c2ccc(Cl)cc2Br)n1. The zero-order valence-electron chi connectivity index (χ0n) is 7.82. The molecule has 0 saturated carbocycles. The molecule has 5 heteroatoms. The maximum absolute atomic E-state index is 5.86. The van der Waals surface area contributed by atoms with Crippen molar-refractivity contribution in [3.8, 4) is 5.69 Å². The largest absolute Gasteiger partial charge is 0.325 e. The molecular formula is C10H9BrClN3. The number of hydrogen-bond donors (Lipinski definition) is 1. The van der Waals surface area contributed by atoms with Crippen LogP contribution in [0.4, 0.5) is 0 Å². The lowest BCUT2D eigenvalue weighted by atomic mass is 10.3. The van der Waals surface area contributed by atoms with E-state index in [9.17, 15) is 0 Å². The molecule has 0 bridgehead atoms. The number of halogens is 2. The normalized spacial score (nSPS) is 10.6. The van der Waals surface area contributed by atoms with Crippen LogP contribution < -0.4 is 5.73 Å². The molecule has 0 unspecified atom stereocenters. The van der Waals surface area contributed by atoms with Crippen LogP contribution in [0.3, 0.4) is 0 Å². The highest BCUT2D eigenvalue weighted by Gasteiger charge is 2.04. The number of nitrogens with zero attached hydrogens (tertiary/aromatic N) is 2. The highest BCUT2D eigenvalue weighted by atomic mass is 79.9. The van der Waals surface area contributed by atoms with E-state index in [1.54, 1.807) is 4.68 Å². The molecule has 15 heavy (non-hydrogen) atoms.